The number of benzene rings is 1. The van der Waals surface area contributed by atoms with E-state index in [1.54, 1.807) is 23.4 Å². The van der Waals surface area contributed by atoms with Crippen LogP contribution in [0.15, 0.2) is 33.7 Å². The van der Waals surface area contributed by atoms with Gasteiger partial charge in [0.25, 0.3) is 5.91 Å². The van der Waals surface area contributed by atoms with Crippen molar-refractivity contribution < 1.29 is 22.6 Å². The summed E-state index contributed by atoms with van der Waals surface area (Å²) in [5.41, 5.74) is 2.44. The average molecular weight is 420 g/mol. The highest BCUT2D eigenvalue weighted by atomic mass is 32.2. The van der Waals surface area contributed by atoms with Gasteiger partial charge in [0.05, 0.1) is 31.1 Å². The van der Waals surface area contributed by atoms with E-state index in [-0.39, 0.29) is 12.5 Å². The lowest BCUT2D eigenvalue weighted by molar-refractivity contribution is -0.895. The van der Waals surface area contributed by atoms with E-state index in [4.69, 9.17) is 4.52 Å². The number of fused-ring (bicyclic) bond motifs is 1. The molecule has 9 heteroatoms. The van der Waals surface area contributed by atoms with Gasteiger partial charge in [0.2, 0.25) is 10.0 Å². The second kappa shape index (κ2) is 8.25. The Morgan fingerprint density at radius 2 is 1.90 bits per heavy atom. The monoisotopic (exact) mass is 419 g/mol. The number of nitrogens with one attached hydrogen (secondary N) is 2. The lowest BCUT2D eigenvalue weighted by atomic mass is 9.92. The highest BCUT2D eigenvalue weighted by Gasteiger charge is 2.31. The van der Waals surface area contributed by atoms with Crippen molar-refractivity contribution >= 4 is 21.7 Å². The van der Waals surface area contributed by atoms with Crippen LogP contribution in [0.5, 0.6) is 0 Å². The zero-order valence-electron chi connectivity index (χ0n) is 16.6. The third-order valence-electron chi connectivity index (χ3n) is 5.69. The van der Waals surface area contributed by atoms with Gasteiger partial charge in [-0.15, -0.1) is 0 Å². The molecule has 1 aliphatic heterocycles. The Balaban J connectivity index is 1.34. The standard InChI is InChI=1S/C20H26N4O4S/c1-15-12-19(22-28-15)21-20(25)14-23-8-10-24(11-9-23)29(26,27)18-7-6-16-4-2-3-5-17(16)13-18/h6-7,12-13H,2-5,8-11,14H2,1H3,(H,21,22,25)/p+1. The van der Waals surface area contributed by atoms with Crippen molar-refractivity contribution in [2.45, 2.75) is 37.5 Å². The maximum atomic E-state index is 13.1. The summed E-state index contributed by atoms with van der Waals surface area (Å²) in [6.07, 6.45) is 4.28. The second-order valence-corrected chi connectivity index (χ2v) is 9.78. The number of sulfonamides is 1. The number of carbonyl (C=O) groups is 1. The number of anilines is 1. The molecule has 0 saturated carbocycles. The van der Waals surface area contributed by atoms with E-state index >= 15 is 0 Å². The number of hydrogen-bond acceptors (Lipinski definition) is 5. The van der Waals surface area contributed by atoms with Crippen LogP contribution >= 0.6 is 0 Å². The molecule has 0 atom stereocenters. The molecule has 1 saturated heterocycles. The zero-order valence-corrected chi connectivity index (χ0v) is 17.4. The number of amides is 1. The fourth-order valence-electron chi connectivity index (χ4n) is 4.08. The van der Waals surface area contributed by atoms with E-state index < -0.39 is 10.0 Å². The average Bonchev–Trinajstić information content (AvgIpc) is 3.12. The third kappa shape index (κ3) is 4.52. The number of hydrogen-bond donors (Lipinski definition) is 2. The number of rotatable bonds is 5. The molecule has 0 bridgehead atoms. The largest absolute Gasteiger partial charge is 0.360 e. The summed E-state index contributed by atoms with van der Waals surface area (Å²) in [6.45, 7) is 4.04. The Hall–Kier alpha value is -2.23. The van der Waals surface area contributed by atoms with Crippen LogP contribution in [0.3, 0.4) is 0 Å². The summed E-state index contributed by atoms with van der Waals surface area (Å²) < 4.78 is 32.6. The fourth-order valence-corrected chi connectivity index (χ4v) is 5.57. The minimum absolute atomic E-state index is 0.153. The molecule has 2 heterocycles. The van der Waals surface area contributed by atoms with Crippen LogP contribution in [0.2, 0.25) is 0 Å². The Labute approximate surface area is 170 Å². The van der Waals surface area contributed by atoms with E-state index in [1.165, 1.54) is 17.5 Å². The van der Waals surface area contributed by atoms with Crippen molar-refractivity contribution in [1.82, 2.24) is 9.46 Å². The van der Waals surface area contributed by atoms with Gasteiger partial charge in [-0.3, -0.25) is 4.79 Å². The Morgan fingerprint density at radius 3 is 2.59 bits per heavy atom. The molecule has 8 nitrogen and oxygen atoms in total. The van der Waals surface area contributed by atoms with Crippen LogP contribution in [0.4, 0.5) is 5.82 Å². The molecular formula is C20H27N4O4S+. The van der Waals surface area contributed by atoms with Gasteiger partial charge >= 0.3 is 0 Å². The van der Waals surface area contributed by atoms with Crippen LogP contribution < -0.4 is 10.2 Å². The van der Waals surface area contributed by atoms with Crippen LogP contribution in [0.25, 0.3) is 0 Å². The Kier molecular flexibility index (Phi) is 5.71. The van der Waals surface area contributed by atoms with Crippen LogP contribution in [-0.2, 0) is 27.7 Å². The topological polar surface area (TPSA) is 97.0 Å². The van der Waals surface area contributed by atoms with Crippen molar-refractivity contribution in [1.29, 1.82) is 0 Å². The molecule has 2 aliphatic rings. The van der Waals surface area contributed by atoms with Crippen molar-refractivity contribution in [3.63, 3.8) is 0 Å². The fraction of sp³-hybridized carbons (Fsp3) is 0.500. The molecule has 2 N–H and O–H groups in total. The van der Waals surface area contributed by atoms with E-state index in [0.29, 0.717) is 42.7 Å². The summed E-state index contributed by atoms with van der Waals surface area (Å²) >= 11 is 0. The van der Waals surface area contributed by atoms with E-state index in [1.807, 2.05) is 12.1 Å². The number of carbonyl (C=O) groups excluding carboxylic acids is 1. The summed E-state index contributed by atoms with van der Waals surface area (Å²) in [6, 6.07) is 7.23. The first kappa shape index (κ1) is 20.1. The number of aryl methyl sites for hydroxylation is 3. The quantitative estimate of drug-likeness (QED) is 0.731. The van der Waals surface area contributed by atoms with Crippen molar-refractivity contribution in [3.8, 4) is 0 Å². The van der Waals surface area contributed by atoms with Gasteiger partial charge in [-0.1, -0.05) is 11.2 Å². The third-order valence-corrected chi connectivity index (χ3v) is 7.59. The van der Waals surface area contributed by atoms with Gasteiger partial charge < -0.3 is 14.7 Å². The maximum absolute atomic E-state index is 13.1. The first-order chi connectivity index (χ1) is 13.9. The SMILES string of the molecule is Cc1cc(NC(=O)C[NH+]2CCN(S(=O)(=O)c3ccc4c(c3)CCCC4)CC2)no1. The van der Waals surface area contributed by atoms with Gasteiger partial charge in [0.1, 0.15) is 5.76 Å². The lowest BCUT2D eigenvalue weighted by Crippen LogP contribution is -3.15. The molecule has 1 aliphatic carbocycles. The lowest BCUT2D eigenvalue weighted by Gasteiger charge is -2.31. The molecule has 0 spiro atoms. The van der Waals surface area contributed by atoms with E-state index in [9.17, 15) is 13.2 Å². The second-order valence-electron chi connectivity index (χ2n) is 7.84. The first-order valence-electron chi connectivity index (χ1n) is 10.1. The molecule has 1 aromatic heterocycles. The number of aromatic nitrogens is 1. The first-order valence-corrected chi connectivity index (χ1v) is 11.5. The van der Waals surface area contributed by atoms with Crippen LogP contribution in [0, 0.1) is 6.92 Å². The summed E-state index contributed by atoms with van der Waals surface area (Å²) in [5.74, 6) is 0.883. The normalized spacial score (nSPS) is 18.4. The summed E-state index contributed by atoms with van der Waals surface area (Å²) in [5, 5.41) is 6.46. The Bertz CT molecular complexity index is 994. The van der Waals surface area contributed by atoms with Crippen LogP contribution in [0.1, 0.15) is 29.7 Å². The maximum Gasteiger partial charge on any atom is 0.280 e. The highest BCUT2D eigenvalue weighted by molar-refractivity contribution is 7.89. The van der Waals surface area contributed by atoms with E-state index in [0.717, 1.165) is 24.2 Å². The number of quaternary nitrogens is 1. The molecule has 1 amide bonds. The summed E-state index contributed by atoms with van der Waals surface area (Å²) in [7, 11) is -3.50. The van der Waals surface area contributed by atoms with Gasteiger partial charge in [-0.25, -0.2) is 8.42 Å². The smallest absolute Gasteiger partial charge is 0.280 e. The van der Waals surface area contributed by atoms with Gasteiger partial charge in [0, 0.05) is 6.07 Å². The highest BCUT2D eigenvalue weighted by Crippen LogP contribution is 2.25. The van der Waals surface area contributed by atoms with Gasteiger partial charge in [0.15, 0.2) is 12.4 Å². The molecule has 29 heavy (non-hydrogen) atoms. The molecule has 156 valence electrons. The molecular weight excluding hydrogens is 392 g/mol. The van der Waals surface area contributed by atoms with E-state index in [2.05, 4.69) is 10.5 Å². The molecule has 1 fully saturated rings. The minimum Gasteiger partial charge on any atom is -0.360 e. The van der Waals surface area contributed by atoms with Crippen molar-refractivity contribution in [3.05, 3.63) is 41.2 Å². The van der Waals surface area contributed by atoms with Crippen LogP contribution in [-0.4, -0.2) is 56.5 Å². The zero-order chi connectivity index (χ0) is 20.4. The van der Waals surface area contributed by atoms with Gasteiger partial charge in [-0.05, 0) is 55.9 Å². The molecule has 1 aromatic carbocycles. The number of piperazine rings is 1. The summed E-state index contributed by atoms with van der Waals surface area (Å²) in [4.78, 5) is 13.6. The predicted octanol–water partition coefficient (Wildman–Crippen LogP) is 0.390. The van der Waals surface area contributed by atoms with Gasteiger partial charge in [-0.2, -0.15) is 4.31 Å². The number of nitrogens with zero attached hydrogens (tertiary/aromatic N) is 2. The molecule has 0 unspecified atom stereocenters. The Morgan fingerprint density at radius 1 is 1.17 bits per heavy atom. The molecule has 4 rings (SSSR count). The van der Waals surface area contributed by atoms with Crippen molar-refractivity contribution in [2.24, 2.45) is 0 Å². The minimum atomic E-state index is -3.50. The molecule has 2 aromatic rings. The predicted molar refractivity (Wildman–Crippen MR) is 107 cm³/mol. The van der Waals surface area contributed by atoms with Crippen molar-refractivity contribution in [2.75, 3.05) is 38.0 Å². The molecule has 0 radical (unpaired) electrons.